The van der Waals surface area contributed by atoms with Crippen molar-refractivity contribution < 1.29 is 0 Å². The molecule has 1 fully saturated rings. The SMILES string of the molecule is Clc1ccc2c(c1)CCC1C=CC=NC1C2=C1CCNCC1. The van der Waals surface area contributed by atoms with E-state index in [0.717, 1.165) is 43.8 Å². The smallest absolute Gasteiger partial charge is 0.0817 e. The molecular formula is C19H21ClN2. The van der Waals surface area contributed by atoms with Crippen LogP contribution in [-0.2, 0) is 6.42 Å². The molecule has 22 heavy (non-hydrogen) atoms. The summed E-state index contributed by atoms with van der Waals surface area (Å²) in [5, 5.41) is 4.31. The lowest BCUT2D eigenvalue weighted by Gasteiger charge is -2.28. The minimum atomic E-state index is 0.292. The van der Waals surface area contributed by atoms with Crippen molar-refractivity contribution in [1.29, 1.82) is 0 Å². The maximum Gasteiger partial charge on any atom is 0.0817 e. The van der Waals surface area contributed by atoms with E-state index in [2.05, 4.69) is 29.6 Å². The van der Waals surface area contributed by atoms with Crippen LogP contribution in [0.2, 0.25) is 5.02 Å². The number of halogens is 1. The van der Waals surface area contributed by atoms with Crippen LogP contribution in [0.4, 0.5) is 0 Å². The molecule has 1 aromatic carbocycles. The summed E-state index contributed by atoms with van der Waals surface area (Å²) in [5.74, 6) is 0.522. The highest BCUT2D eigenvalue weighted by atomic mass is 35.5. The van der Waals surface area contributed by atoms with Gasteiger partial charge in [-0.3, -0.25) is 4.99 Å². The zero-order chi connectivity index (χ0) is 14.9. The van der Waals surface area contributed by atoms with Crippen LogP contribution in [0.5, 0.6) is 0 Å². The molecule has 0 radical (unpaired) electrons. The summed E-state index contributed by atoms with van der Waals surface area (Å²) < 4.78 is 0. The van der Waals surface area contributed by atoms with Gasteiger partial charge in [0.1, 0.15) is 0 Å². The Bertz CT molecular complexity index is 664. The number of aliphatic imine (C=N–C) groups is 1. The van der Waals surface area contributed by atoms with Crippen LogP contribution >= 0.6 is 11.6 Å². The molecular weight excluding hydrogens is 292 g/mol. The summed E-state index contributed by atoms with van der Waals surface area (Å²) in [4.78, 5) is 4.87. The van der Waals surface area contributed by atoms with Gasteiger partial charge in [-0.25, -0.2) is 0 Å². The molecule has 2 heterocycles. The Morgan fingerprint density at radius 3 is 2.86 bits per heavy atom. The van der Waals surface area contributed by atoms with Gasteiger partial charge in [0.15, 0.2) is 0 Å². The zero-order valence-electron chi connectivity index (χ0n) is 12.7. The van der Waals surface area contributed by atoms with Gasteiger partial charge in [-0.15, -0.1) is 0 Å². The summed E-state index contributed by atoms with van der Waals surface area (Å²) in [6, 6.07) is 6.70. The van der Waals surface area contributed by atoms with Crippen molar-refractivity contribution in [3.8, 4) is 0 Å². The number of dihydropyridines is 1. The maximum atomic E-state index is 6.25. The molecule has 2 aliphatic heterocycles. The summed E-state index contributed by atoms with van der Waals surface area (Å²) in [5.41, 5.74) is 5.86. The van der Waals surface area contributed by atoms with Crippen LogP contribution in [0, 0.1) is 5.92 Å². The Labute approximate surface area is 137 Å². The fourth-order valence-electron chi connectivity index (χ4n) is 4.00. The van der Waals surface area contributed by atoms with Crippen molar-refractivity contribution in [2.24, 2.45) is 10.9 Å². The summed E-state index contributed by atoms with van der Waals surface area (Å²) in [6.07, 6.45) is 10.9. The first-order valence-corrected chi connectivity index (χ1v) is 8.62. The monoisotopic (exact) mass is 312 g/mol. The van der Waals surface area contributed by atoms with E-state index in [-0.39, 0.29) is 0 Å². The average Bonchev–Trinajstić information content (AvgIpc) is 2.72. The highest BCUT2D eigenvalue weighted by molar-refractivity contribution is 6.30. The molecule has 0 amide bonds. The third-order valence-electron chi connectivity index (χ3n) is 5.08. The molecule has 3 heteroatoms. The Hall–Kier alpha value is -1.38. The third-order valence-corrected chi connectivity index (χ3v) is 5.32. The second-order valence-electron chi connectivity index (χ2n) is 6.40. The van der Waals surface area contributed by atoms with E-state index in [1.165, 1.54) is 16.7 Å². The molecule has 3 aliphatic rings. The first kappa shape index (κ1) is 14.2. The van der Waals surface area contributed by atoms with E-state index in [1.807, 2.05) is 12.3 Å². The predicted molar refractivity (Wildman–Crippen MR) is 93.7 cm³/mol. The molecule has 0 saturated carbocycles. The van der Waals surface area contributed by atoms with Gasteiger partial charge < -0.3 is 5.32 Å². The van der Waals surface area contributed by atoms with Gasteiger partial charge in [-0.1, -0.05) is 29.3 Å². The molecule has 1 N–H and O–H groups in total. The van der Waals surface area contributed by atoms with Crippen molar-refractivity contribution in [3.63, 3.8) is 0 Å². The lowest BCUT2D eigenvalue weighted by molar-refractivity contribution is 0.542. The van der Waals surface area contributed by atoms with Crippen LogP contribution in [0.1, 0.15) is 30.4 Å². The first-order chi connectivity index (χ1) is 10.8. The van der Waals surface area contributed by atoms with E-state index in [0.29, 0.717) is 12.0 Å². The molecule has 0 bridgehead atoms. The maximum absolute atomic E-state index is 6.25. The number of nitrogens with zero attached hydrogens (tertiary/aromatic N) is 1. The Kier molecular flexibility index (Phi) is 3.89. The van der Waals surface area contributed by atoms with E-state index < -0.39 is 0 Å². The van der Waals surface area contributed by atoms with Crippen molar-refractivity contribution in [1.82, 2.24) is 5.32 Å². The number of hydrogen-bond donors (Lipinski definition) is 1. The van der Waals surface area contributed by atoms with Gasteiger partial charge >= 0.3 is 0 Å². The number of nitrogens with one attached hydrogen (secondary N) is 1. The van der Waals surface area contributed by atoms with Gasteiger partial charge in [0, 0.05) is 17.2 Å². The van der Waals surface area contributed by atoms with Crippen LogP contribution in [-0.4, -0.2) is 25.3 Å². The number of fused-ring (bicyclic) bond motifs is 2. The molecule has 114 valence electrons. The van der Waals surface area contributed by atoms with E-state index in [4.69, 9.17) is 16.6 Å². The van der Waals surface area contributed by atoms with Crippen LogP contribution < -0.4 is 5.32 Å². The molecule has 2 unspecified atom stereocenters. The number of piperidine rings is 1. The van der Waals surface area contributed by atoms with Crippen molar-refractivity contribution >= 4 is 23.4 Å². The quantitative estimate of drug-likeness (QED) is 0.768. The molecule has 1 aromatic rings. The number of aryl methyl sites for hydroxylation is 1. The highest BCUT2D eigenvalue weighted by Gasteiger charge is 2.31. The second kappa shape index (κ2) is 6.02. The first-order valence-electron chi connectivity index (χ1n) is 8.24. The summed E-state index contributed by atoms with van der Waals surface area (Å²) >= 11 is 6.25. The Morgan fingerprint density at radius 2 is 2.00 bits per heavy atom. The number of hydrogen-bond acceptors (Lipinski definition) is 2. The average molecular weight is 313 g/mol. The predicted octanol–water partition coefficient (Wildman–Crippen LogP) is 4.05. The Morgan fingerprint density at radius 1 is 1.14 bits per heavy atom. The topological polar surface area (TPSA) is 24.4 Å². The fraction of sp³-hybridized carbons (Fsp3) is 0.421. The normalized spacial score (nSPS) is 27.3. The van der Waals surface area contributed by atoms with Gasteiger partial charge in [0.2, 0.25) is 0 Å². The third kappa shape index (κ3) is 2.55. The number of allylic oxidation sites excluding steroid dienone is 1. The molecule has 1 saturated heterocycles. The molecule has 0 spiro atoms. The van der Waals surface area contributed by atoms with E-state index in [1.54, 1.807) is 5.57 Å². The van der Waals surface area contributed by atoms with Gasteiger partial charge in [-0.2, -0.15) is 0 Å². The van der Waals surface area contributed by atoms with E-state index in [9.17, 15) is 0 Å². The standard InChI is InChI=1S/C19H21ClN2/c20-16-5-6-17-15(12-16)4-3-14-2-1-9-22-19(14)18(17)13-7-10-21-11-8-13/h1-2,5-6,9,12,14,19,21H,3-4,7-8,10-11H2. The Balaban J connectivity index is 1.89. The fourth-order valence-corrected chi connectivity index (χ4v) is 4.20. The van der Waals surface area contributed by atoms with Crippen LogP contribution in [0.15, 0.2) is 40.9 Å². The minimum absolute atomic E-state index is 0.292. The largest absolute Gasteiger partial charge is 0.316 e. The van der Waals surface area contributed by atoms with Crippen molar-refractivity contribution in [2.75, 3.05) is 13.1 Å². The minimum Gasteiger partial charge on any atom is -0.316 e. The van der Waals surface area contributed by atoms with Gasteiger partial charge in [0.25, 0.3) is 0 Å². The summed E-state index contributed by atoms with van der Waals surface area (Å²) in [6.45, 7) is 2.16. The lowest BCUT2D eigenvalue weighted by atomic mass is 9.83. The second-order valence-corrected chi connectivity index (χ2v) is 6.84. The lowest BCUT2D eigenvalue weighted by Crippen LogP contribution is -2.27. The van der Waals surface area contributed by atoms with Crippen LogP contribution in [0.3, 0.4) is 0 Å². The van der Waals surface area contributed by atoms with Crippen LogP contribution in [0.25, 0.3) is 5.57 Å². The van der Waals surface area contributed by atoms with E-state index >= 15 is 0 Å². The number of benzene rings is 1. The molecule has 1 aliphatic carbocycles. The molecule has 2 nitrogen and oxygen atoms in total. The molecule has 4 rings (SSSR count). The highest BCUT2D eigenvalue weighted by Crippen LogP contribution is 2.41. The number of rotatable bonds is 0. The van der Waals surface area contributed by atoms with Gasteiger partial charge in [-0.05, 0) is 73.7 Å². The van der Waals surface area contributed by atoms with Crippen molar-refractivity contribution in [2.45, 2.75) is 31.7 Å². The van der Waals surface area contributed by atoms with Crippen molar-refractivity contribution in [3.05, 3.63) is 52.1 Å². The summed E-state index contributed by atoms with van der Waals surface area (Å²) in [7, 11) is 0. The zero-order valence-corrected chi connectivity index (χ0v) is 13.4. The van der Waals surface area contributed by atoms with Gasteiger partial charge in [0.05, 0.1) is 6.04 Å². The molecule has 2 atom stereocenters. The molecule has 0 aromatic heterocycles.